The molecule has 0 N–H and O–H groups in total. The molecule has 0 aliphatic carbocycles. The molecule has 2 heterocycles. The Morgan fingerprint density at radius 1 is 0.520 bits per heavy atom. The first-order valence-electron chi connectivity index (χ1n) is 8.88. The smallest absolute Gasteiger partial charge is 0.0910 e. The molecule has 0 fully saturated rings. The fourth-order valence-electron chi connectivity index (χ4n) is 4.43. The van der Waals surface area contributed by atoms with Crippen LogP contribution < -0.4 is 9.80 Å². The minimum atomic E-state index is 0.983. The second-order valence-corrected chi connectivity index (χ2v) is 7.19. The maximum absolute atomic E-state index is 2.52. The van der Waals surface area contributed by atoms with Gasteiger partial charge in [-0.2, -0.15) is 0 Å². The lowest BCUT2D eigenvalue weighted by Crippen LogP contribution is -2.46. The van der Waals surface area contributed by atoms with Gasteiger partial charge in [0, 0.05) is 24.5 Å². The van der Waals surface area contributed by atoms with Crippen LogP contribution in [-0.2, 0) is 13.1 Å². The van der Waals surface area contributed by atoms with Gasteiger partial charge in [-0.25, -0.2) is 0 Å². The Morgan fingerprint density at radius 3 is 1.36 bits per heavy atom. The topological polar surface area (TPSA) is 6.48 Å². The standard InChI is InChI=1S/C23H18N2/c1-3-7-18-11-22-20(9-16(18)5-1)13-24-15-25(22)14-21-10-17-6-2-4-8-19(17)12-23(21)24/h1-12H,13-15H2. The van der Waals surface area contributed by atoms with E-state index in [4.69, 9.17) is 0 Å². The molecule has 2 aliphatic heterocycles. The number of anilines is 2. The van der Waals surface area contributed by atoms with Gasteiger partial charge in [0.1, 0.15) is 0 Å². The number of hydrogen-bond donors (Lipinski definition) is 0. The summed E-state index contributed by atoms with van der Waals surface area (Å²) in [6.07, 6.45) is 0. The van der Waals surface area contributed by atoms with Crippen molar-refractivity contribution >= 4 is 32.9 Å². The molecule has 4 aromatic carbocycles. The second-order valence-electron chi connectivity index (χ2n) is 7.19. The van der Waals surface area contributed by atoms with Crippen LogP contribution in [0, 0.1) is 0 Å². The van der Waals surface area contributed by atoms with E-state index in [1.807, 2.05) is 0 Å². The van der Waals surface area contributed by atoms with Crippen LogP contribution in [-0.4, -0.2) is 6.67 Å². The van der Waals surface area contributed by atoms with Gasteiger partial charge < -0.3 is 9.80 Å². The molecule has 0 aromatic heterocycles. The molecule has 2 aliphatic rings. The van der Waals surface area contributed by atoms with Crippen LogP contribution in [0.15, 0.2) is 72.8 Å². The Bertz CT molecular complexity index is 1050. The molecule has 6 rings (SSSR count). The maximum atomic E-state index is 2.52. The van der Waals surface area contributed by atoms with Crippen LogP contribution in [0.4, 0.5) is 11.4 Å². The summed E-state index contributed by atoms with van der Waals surface area (Å²) in [5.41, 5.74) is 5.66. The molecule has 0 atom stereocenters. The molecule has 25 heavy (non-hydrogen) atoms. The first-order chi connectivity index (χ1) is 12.3. The molecule has 0 saturated heterocycles. The van der Waals surface area contributed by atoms with Crippen molar-refractivity contribution < 1.29 is 0 Å². The number of rotatable bonds is 0. The molecular formula is C23H18N2. The average molecular weight is 322 g/mol. The van der Waals surface area contributed by atoms with Crippen molar-refractivity contribution in [3.05, 3.63) is 83.9 Å². The summed E-state index contributed by atoms with van der Waals surface area (Å²) in [5, 5.41) is 5.34. The van der Waals surface area contributed by atoms with Crippen molar-refractivity contribution in [1.82, 2.24) is 0 Å². The van der Waals surface area contributed by atoms with Gasteiger partial charge in [0.25, 0.3) is 0 Å². The van der Waals surface area contributed by atoms with Crippen molar-refractivity contribution in [2.75, 3.05) is 16.5 Å². The zero-order valence-electron chi connectivity index (χ0n) is 13.9. The van der Waals surface area contributed by atoms with Crippen LogP contribution in [0.2, 0.25) is 0 Å². The molecule has 0 unspecified atom stereocenters. The van der Waals surface area contributed by atoms with Gasteiger partial charge in [-0.05, 0) is 56.9 Å². The third-order valence-corrected chi connectivity index (χ3v) is 5.64. The van der Waals surface area contributed by atoms with E-state index in [2.05, 4.69) is 82.6 Å². The van der Waals surface area contributed by atoms with Crippen LogP contribution >= 0.6 is 0 Å². The summed E-state index contributed by atoms with van der Waals surface area (Å²) in [7, 11) is 0. The molecule has 0 saturated carbocycles. The van der Waals surface area contributed by atoms with Crippen molar-refractivity contribution in [3.63, 3.8) is 0 Å². The van der Waals surface area contributed by atoms with E-state index in [9.17, 15) is 0 Å². The Morgan fingerprint density at radius 2 is 0.920 bits per heavy atom. The summed E-state index contributed by atoms with van der Waals surface area (Å²) >= 11 is 0. The van der Waals surface area contributed by atoms with E-state index in [0.29, 0.717) is 0 Å². The lowest BCUT2D eigenvalue weighted by Gasteiger charge is -2.45. The number of fused-ring (bicyclic) bond motifs is 8. The van der Waals surface area contributed by atoms with E-state index >= 15 is 0 Å². The highest BCUT2D eigenvalue weighted by Gasteiger charge is 2.29. The Hall–Kier alpha value is -3.00. The number of benzene rings is 4. The van der Waals surface area contributed by atoms with Gasteiger partial charge in [0.2, 0.25) is 0 Å². The predicted molar refractivity (Wildman–Crippen MR) is 105 cm³/mol. The number of nitrogens with zero attached hydrogens (tertiary/aromatic N) is 2. The molecular weight excluding hydrogens is 304 g/mol. The molecule has 0 amide bonds. The van der Waals surface area contributed by atoms with Crippen LogP contribution in [0.1, 0.15) is 11.1 Å². The largest absolute Gasteiger partial charge is 0.349 e. The molecule has 2 nitrogen and oxygen atoms in total. The average Bonchev–Trinajstić information content (AvgIpc) is 2.65. The Labute approximate surface area is 146 Å². The predicted octanol–water partition coefficient (Wildman–Crippen LogP) is 5.29. The van der Waals surface area contributed by atoms with Crippen LogP contribution in [0.5, 0.6) is 0 Å². The highest BCUT2D eigenvalue weighted by atomic mass is 15.4. The van der Waals surface area contributed by atoms with E-state index in [1.165, 1.54) is 44.0 Å². The summed E-state index contributed by atoms with van der Waals surface area (Å²) in [5.74, 6) is 0. The summed E-state index contributed by atoms with van der Waals surface area (Å²) < 4.78 is 0. The third kappa shape index (κ3) is 1.91. The molecule has 0 spiro atoms. The van der Waals surface area contributed by atoms with E-state index in [0.717, 1.165) is 19.8 Å². The van der Waals surface area contributed by atoms with Gasteiger partial charge in [0.15, 0.2) is 0 Å². The quantitative estimate of drug-likeness (QED) is 0.434. The van der Waals surface area contributed by atoms with Crippen LogP contribution in [0.25, 0.3) is 21.5 Å². The van der Waals surface area contributed by atoms with Gasteiger partial charge in [-0.3, -0.25) is 0 Å². The zero-order chi connectivity index (χ0) is 16.4. The molecule has 2 bridgehead atoms. The highest BCUT2D eigenvalue weighted by Crippen LogP contribution is 2.40. The fraction of sp³-hybridized carbons (Fsp3) is 0.130. The first kappa shape index (κ1) is 13.3. The van der Waals surface area contributed by atoms with Gasteiger partial charge >= 0.3 is 0 Å². The SMILES string of the molecule is c1ccc2cc3c(cc2c1)CN1CN3Cc2cc3ccccc3cc21. The maximum Gasteiger partial charge on any atom is 0.0910 e. The second kappa shape index (κ2) is 4.76. The van der Waals surface area contributed by atoms with Gasteiger partial charge in [0.05, 0.1) is 6.67 Å². The fourth-order valence-corrected chi connectivity index (χ4v) is 4.43. The third-order valence-electron chi connectivity index (χ3n) is 5.64. The van der Waals surface area contributed by atoms with E-state index in [1.54, 1.807) is 0 Å². The van der Waals surface area contributed by atoms with Crippen molar-refractivity contribution in [2.24, 2.45) is 0 Å². The highest BCUT2D eigenvalue weighted by molar-refractivity contribution is 5.91. The first-order valence-corrected chi connectivity index (χ1v) is 8.88. The van der Waals surface area contributed by atoms with E-state index < -0.39 is 0 Å². The lowest BCUT2D eigenvalue weighted by molar-refractivity contribution is 0.652. The van der Waals surface area contributed by atoms with Crippen LogP contribution in [0.3, 0.4) is 0 Å². The summed E-state index contributed by atoms with van der Waals surface area (Å²) in [4.78, 5) is 5.03. The van der Waals surface area contributed by atoms with Gasteiger partial charge in [-0.1, -0.05) is 48.5 Å². The summed E-state index contributed by atoms with van der Waals surface area (Å²) in [6.45, 7) is 2.96. The lowest BCUT2D eigenvalue weighted by atomic mass is 9.96. The van der Waals surface area contributed by atoms with Gasteiger partial charge in [-0.15, -0.1) is 0 Å². The van der Waals surface area contributed by atoms with Crippen molar-refractivity contribution in [3.8, 4) is 0 Å². The number of hydrogen-bond acceptors (Lipinski definition) is 2. The summed E-state index contributed by atoms with van der Waals surface area (Å²) in [6, 6.07) is 26.8. The molecule has 0 radical (unpaired) electrons. The minimum Gasteiger partial charge on any atom is -0.349 e. The molecule has 120 valence electrons. The van der Waals surface area contributed by atoms with Crippen molar-refractivity contribution in [1.29, 1.82) is 0 Å². The monoisotopic (exact) mass is 322 g/mol. The zero-order valence-corrected chi connectivity index (χ0v) is 13.9. The van der Waals surface area contributed by atoms with E-state index in [-0.39, 0.29) is 0 Å². The minimum absolute atomic E-state index is 0.983. The molecule has 4 aromatic rings. The molecule has 2 heteroatoms. The van der Waals surface area contributed by atoms with Crippen molar-refractivity contribution in [2.45, 2.75) is 13.1 Å². The normalized spacial score (nSPS) is 15.4. The Kier molecular flexibility index (Phi) is 2.53. The Balaban J connectivity index is 1.54.